The number of pyridine rings is 1. The van der Waals surface area contributed by atoms with Gasteiger partial charge >= 0.3 is 0 Å². The van der Waals surface area contributed by atoms with E-state index in [9.17, 15) is 9.59 Å². The molecule has 8 heteroatoms. The molecule has 3 rings (SSSR count). The lowest BCUT2D eigenvalue weighted by Gasteiger charge is -2.08. The first-order valence-electron chi connectivity index (χ1n) is 7.74. The fraction of sp³-hybridized carbons (Fsp3) is 0.111. The van der Waals surface area contributed by atoms with Crippen LogP contribution in [0.5, 0.6) is 0 Å². The van der Waals surface area contributed by atoms with Crippen LogP contribution in [0.1, 0.15) is 20.8 Å². The summed E-state index contributed by atoms with van der Waals surface area (Å²) in [6.45, 7) is 1.86. The Labute approximate surface area is 159 Å². The summed E-state index contributed by atoms with van der Waals surface area (Å²) in [5.41, 5.74) is 2.28. The van der Waals surface area contributed by atoms with Gasteiger partial charge in [-0.3, -0.25) is 14.6 Å². The number of nitrogens with zero attached hydrogens (tertiary/aromatic N) is 2. The Hall–Kier alpha value is -2.77. The zero-order valence-corrected chi connectivity index (χ0v) is 15.4. The van der Waals surface area contributed by atoms with Crippen LogP contribution in [0, 0.1) is 6.92 Å². The summed E-state index contributed by atoms with van der Waals surface area (Å²) in [6, 6.07) is 8.93. The largest absolute Gasteiger partial charge is 0.320 e. The van der Waals surface area contributed by atoms with Crippen molar-refractivity contribution in [3.05, 3.63) is 69.9 Å². The number of nitrogens with one attached hydrogen (secondary N) is 2. The number of aryl methyl sites for hydroxylation is 1. The van der Waals surface area contributed by atoms with Crippen molar-refractivity contribution in [3.8, 4) is 0 Å². The Morgan fingerprint density at radius 3 is 2.65 bits per heavy atom. The van der Waals surface area contributed by atoms with Crippen molar-refractivity contribution in [1.82, 2.24) is 9.97 Å². The van der Waals surface area contributed by atoms with Crippen LogP contribution in [0.3, 0.4) is 0 Å². The van der Waals surface area contributed by atoms with E-state index in [0.29, 0.717) is 20.7 Å². The van der Waals surface area contributed by atoms with Crippen LogP contribution < -0.4 is 10.6 Å². The zero-order valence-electron chi connectivity index (χ0n) is 13.8. The maximum absolute atomic E-state index is 12.4. The number of para-hydroxylation sites is 1. The van der Waals surface area contributed by atoms with E-state index in [0.717, 1.165) is 22.5 Å². The van der Waals surface area contributed by atoms with E-state index in [-0.39, 0.29) is 18.2 Å². The van der Waals surface area contributed by atoms with Crippen molar-refractivity contribution in [1.29, 1.82) is 0 Å². The number of carbonyl (C=O) groups is 2. The first-order valence-corrected chi connectivity index (χ1v) is 8.93. The molecule has 0 aliphatic heterocycles. The van der Waals surface area contributed by atoms with Gasteiger partial charge in [0.15, 0.2) is 5.13 Å². The Kier molecular flexibility index (Phi) is 5.60. The van der Waals surface area contributed by atoms with Crippen LogP contribution >= 0.6 is 22.9 Å². The molecule has 2 amide bonds. The van der Waals surface area contributed by atoms with Gasteiger partial charge in [0.25, 0.3) is 5.91 Å². The maximum Gasteiger partial charge on any atom is 0.267 e. The molecule has 3 aromatic rings. The van der Waals surface area contributed by atoms with Gasteiger partial charge in [-0.1, -0.05) is 35.1 Å². The van der Waals surface area contributed by atoms with E-state index >= 15 is 0 Å². The highest BCUT2D eigenvalue weighted by atomic mass is 35.5. The van der Waals surface area contributed by atoms with Gasteiger partial charge in [-0.25, -0.2) is 4.98 Å². The monoisotopic (exact) mass is 386 g/mol. The fourth-order valence-electron chi connectivity index (χ4n) is 2.25. The summed E-state index contributed by atoms with van der Waals surface area (Å²) in [4.78, 5) is 32.8. The molecule has 2 aromatic heterocycles. The van der Waals surface area contributed by atoms with E-state index < -0.39 is 0 Å². The van der Waals surface area contributed by atoms with Gasteiger partial charge in [0.1, 0.15) is 4.88 Å². The number of amides is 2. The van der Waals surface area contributed by atoms with Gasteiger partial charge in [0.05, 0.1) is 23.3 Å². The highest BCUT2D eigenvalue weighted by molar-refractivity contribution is 7.17. The lowest BCUT2D eigenvalue weighted by Crippen LogP contribution is -2.14. The molecule has 0 aliphatic rings. The van der Waals surface area contributed by atoms with Gasteiger partial charge in [-0.15, -0.1) is 0 Å². The maximum atomic E-state index is 12.4. The first kappa shape index (κ1) is 18.0. The summed E-state index contributed by atoms with van der Waals surface area (Å²) in [5.74, 6) is -0.534. The lowest BCUT2D eigenvalue weighted by atomic mass is 10.2. The summed E-state index contributed by atoms with van der Waals surface area (Å²) < 4.78 is 0. The van der Waals surface area contributed by atoms with Crippen molar-refractivity contribution >= 4 is 45.6 Å². The van der Waals surface area contributed by atoms with E-state index in [1.165, 1.54) is 6.20 Å². The van der Waals surface area contributed by atoms with E-state index in [2.05, 4.69) is 20.6 Å². The average molecular weight is 387 g/mol. The Morgan fingerprint density at radius 2 is 1.92 bits per heavy atom. The molecule has 0 atom stereocenters. The molecule has 132 valence electrons. The van der Waals surface area contributed by atoms with Crippen LogP contribution in [-0.2, 0) is 11.2 Å². The van der Waals surface area contributed by atoms with Gasteiger partial charge in [0, 0.05) is 12.4 Å². The molecular formula is C18H15ClN4O2S. The molecule has 1 aromatic carbocycles. The van der Waals surface area contributed by atoms with Gasteiger partial charge < -0.3 is 10.6 Å². The number of aromatic nitrogens is 2. The van der Waals surface area contributed by atoms with Crippen molar-refractivity contribution in [2.45, 2.75) is 13.3 Å². The van der Waals surface area contributed by atoms with Crippen LogP contribution in [0.4, 0.5) is 10.8 Å². The minimum Gasteiger partial charge on any atom is -0.320 e. The number of anilines is 2. The minimum absolute atomic E-state index is 0.209. The van der Waals surface area contributed by atoms with Gasteiger partial charge in [-0.2, -0.15) is 0 Å². The Balaban J connectivity index is 1.64. The van der Waals surface area contributed by atoms with Crippen LogP contribution in [0.15, 0.2) is 48.9 Å². The van der Waals surface area contributed by atoms with Crippen LogP contribution in [0.25, 0.3) is 0 Å². The third-order valence-electron chi connectivity index (χ3n) is 3.55. The number of halogens is 1. The quantitative estimate of drug-likeness (QED) is 0.695. The molecule has 0 saturated carbocycles. The summed E-state index contributed by atoms with van der Waals surface area (Å²) >= 11 is 7.22. The molecule has 2 N–H and O–H groups in total. The predicted octanol–water partition coefficient (Wildman–Crippen LogP) is 3.93. The van der Waals surface area contributed by atoms with Gasteiger partial charge in [-0.05, 0) is 36.2 Å². The number of hydrogen-bond donors (Lipinski definition) is 2. The molecule has 6 nitrogen and oxygen atoms in total. The van der Waals surface area contributed by atoms with Crippen molar-refractivity contribution in [2.75, 3.05) is 10.6 Å². The van der Waals surface area contributed by atoms with Crippen molar-refractivity contribution in [2.24, 2.45) is 0 Å². The van der Waals surface area contributed by atoms with Crippen LogP contribution in [0.2, 0.25) is 5.02 Å². The predicted molar refractivity (Wildman–Crippen MR) is 103 cm³/mol. The summed E-state index contributed by atoms with van der Waals surface area (Å²) in [7, 11) is 0. The van der Waals surface area contributed by atoms with Crippen molar-refractivity contribution < 1.29 is 9.59 Å². The third kappa shape index (κ3) is 4.44. The smallest absolute Gasteiger partial charge is 0.267 e. The molecule has 0 radical (unpaired) electrons. The Morgan fingerprint density at radius 1 is 1.15 bits per heavy atom. The van der Waals surface area contributed by atoms with Gasteiger partial charge in [0.2, 0.25) is 5.91 Å². The molecule has 26 heavy (non-hydrogen) atoms. The molecule has 0 bridgehead atoms. The topological polar surface area (TPSA) is 84.0 Å². The zero-order chi connectivity index (χ0) is 18.5. The molecule has 0 spiro atoms. The molecule has 0 unspecified atom stereocenters. The highest BCUT2D eigenvalue weighted by Crippen LogP contribution is 2.27. The van der Waals surface area contributed by atoms with Crippen molar-refractivity contribution in [3.63, 3.8) is 0 Å². The SMILES string of the molecule is Cc1cccc(Cl)c1NC(=O)c1cnc(NC(=O)Cc2ccncc2)s1. The standard InChI is InChI=1S/C18H15ClN4O2S/c1-11-3-2-4-13(19)16(11)23-17(25)14-10-21-18(26-14)22-15(24)9-12-5-7-20-8-6-12/h2-8,10H,9H2,1H3,(H,23,25)(H,21,22,24). The molecule has 0 aliphatic carbocycles. The molecular weight excluding hydrogens is 372 g/mol. The summed E-state index contributed by atoms with van der Waals surface area (Å²) in [5, 5.41) is 6.31. The van der Waals surface area contributed by atoms with Crippen LogP contribution in [-0.4, -0.2) is 21.8 Å². The number of rotatable bonds is 5. The molecule has 0 fully saturated rings. The average Bonchev–Trinajstić information content (AvgIpc) is 3.07. The summed E-state index contributed by atoms with van der Waals surface area (Å²) in [6.07, 6.45) is 4.90. The number of benzene rings is 1. The van der Waals surface area contributed by atoms with E-state index in [1.807, 2.05) is 19.1 Å². The minimum atomic E-state index is -0.326. The number of hydrogen-bond acceptors (Lipinski definition) is 5. The second-order valence-electron chi connectivity index (χ2n) is 5.50. The molecule has 0 saturated heterocycles. The second kappa shape index (κ2) is 8.07. The number of carbonyl (C=O) groups excluding carboxylic acids is 2. The van der Waals surface area contributed by atoms with E-state index in [4.69, 9.17) is 11.6 Å². The Bertz CT molecular complexity index is 923. The first-order chi connectivity index (χ1) is 12.5. The normalized spacial score (nSPS) is 10.4. The third-order valence-corrected chi connectivity index (χ3v) is 4.78. The lowest BCUT2D eigenvalue weighted by molar-refractivity contribution is -0.115. The molecule has 2 heterocycles. The fourth-order valence-corrected chi connectivity index (χ4v) is 3.25. The second-order valence-corrected chi connectivity index (χ2v) is 6.93. The van der Waals surface area contributed by atoms with E-state index in [1.54, 1.807) is 30.6 Å². The highest BCUT2D eigenvalue weighted by Gasteiger charge is 2.15. The number of thiazole rings is 1.